The molecule has 0 spiro atoms. The van der Waals surface area contributed by atoms with Gasteiger partial charge in [-0.1, -0.05) is 13.8 Å². The number of likely N-dealkylation sites (tertiary alicyclic amines) is 2. The zero-order valence-corrected chi connectivity index (χ0v) is 12.3. The molecule has 0 N–H and O–H groups in total. The lowest BCUT2D eigenvalue weighted by Crippen LogP contribution is -2.50. The van der Waals surface area contributed by atoms with Gasteiger partial charge < -0.3 is 9.64 Å². The summed E-state index contributed by atoms with van der Waals surface area (Å²) in [6, 6.07) is 0.911. The molecule has 104 valence electrons. The number of ether oxygens (including phenoxy) is 1. The van der Waals surface area contributed by atoms with Crippen molar-refractivity contribution >= 4 is 6.09 Å². The second-order valence-corrected chi connectivity index (χ2v) is 7.02. The fraction of sp³-hybridized carbons (Fsp3) is 0.929. The first-order chi connectivity index (χ1) is 8.26. The molecule has 0 radical (unpaired) electrons. The molecule has 2 bridgehead atoms. The highest BCUT2D eigenvalue weighted by Crippen LogP contribution is 2.32. The van der Waals surface area contributed by atoms with E-state index in [-0.39, 0.29) is 6.09 Å². The maximum absolute atomic E-state index is 12.1. The van der Waals surface area contributed by atoms with E-state index < -0.39 is 5.60 Å². The minimum absolute atomic E-state index is 0.140. The number of fused-ring (bicyclic) bond motifs is 2. The monoisotopic (exact) mass is 254 g/mol. The molecule has 0 aromatic rings. The van der Waals surface area contributed by atoms with Gasteiger partial charge in [-0.25, -0.2) is 4.79 Å². The number of hydrogen-bond donors (Lipinski definition) is 0. The summed E-state index contributed by atoms with van der Waals surface area (Å²) < 4.78 is 5.46. The van der Waals surface area contributed by atoms with Gasteiger partial charge in [0.2, 0.25) is 0 Å². The van der Waals surface area contributed by atoms with E-state index in [1.807, 2.05) is 25.7 Å². The lowest BCUT2D eigenvalue weighted by Gasteiger charge is -2.35. The highest BCUT2D eigenvalue weighted by atomic mass is 16.6. The molecule has 4 heteroatoms. The van der Waals surface area contributed by atoms with Gasteiger partial charge in [0.25, 0.3) is 0 Å². The predicted octanol–water partition coefficient (Wildman–Crippen LogP) is 2.34. The van der Waals surface area contributed by atoms with Crippen LogP contribution in [-0.4, -0.2) is 53.2 Å². The Morgan fingerprint density at radius 2 is 1.94 bits per heavy atom. The molecule has 0 aromatic heterocycles. The lowest BCUT2D eigenvalue weighted by molar-refractivity contribution is 0.0122. The van der Waals surface area contributed by atoms with Crippen molar-refractivity contribution in [3.05, 3.63) is 0 Å². The lowest BCUT2D eigenvalue weighted by atomic mass is 10.2. The van der Waals surface area contributed by atoms with Crippen molar-refractivity contribution in [1.82, 2.24) is 9.80 Å². The van der Waals surface area contributed by atoms with Crippen LogP contribution < -0.4 is 0 Å². The molecule has 2 unspecified atom stereocenters. The molecule has 0 saturated carbocycles. The maximum atomic E-state index is 12.1. The maximum Gasteiger partial charge on any atom is 0.410 e. The SMILES string of the molecule is CC(C)CN1CC2CC1CN2C(=O)OC(C)(C)C. The van der Waals surface area contributed by atoms with Crippen LogP contribution in [0.2, 0.25) is 0 Å². The second kappa shape index (κ2) is 4.72. The largest absolute Gasteiger partial charge is 0.444 e. The quantitative estimate of drug-likeness (QED) is 0.758. The fourth-order valence-electron chi connectivity index (χ4n) is 2.99. The number of rotatable bonds is 2. The van der Waals surface area contributed by atoms with Gasteiger partial charge >= 0.3 is 6.09 Å². The summed E-state index contributed by atoms with van der Waals surface area (Å²) in [4.78, 5) is 16.5. The normalized spacial score (nSPS) is 28.2. The number of amides is 1. The first kappa shape index (κ1) is 13.7. The Kier molecular flexibility index (Phi) is 3.58. The van der Waals surface area contributed by atoms with Gasteiger partial charge in [0.1, 0.15) is 5.60 Å². The standard InChI is InChI=1S/C14H26N2O2/c1-10(2)7-15-8-12-6-11(15)9-16(12)13(17)18-14(3,4)5/h10-12H,6-9H2,1-5H3. The van der Waals surface area contributed by atoms with E-state index >= 15 is 0 Å². The molecular formula is C14H26N2O2. The second-order valence-electron chi connectivity index (χ2n) is 7.02. The van der Waals surface area contributed by atoms with Crippen molar-refractivity contribution < 1.29 is 9.53 Å². The van der Waals surface area contributed by atoms with Crippen LogP contribution in [0.25, 0.3) is 0 Å². The minimum atomic E-state index is -0.392. The zero-order chi connectivity index (χ0) is 13.5. The smallest absolute Gasteiger partial charge is 0.410 e. The Morgan fingerprint density at radius 3 is 2.39 bits per heavy atom. The first-order valence-corrected chi connectivity index (χ1v) is 7.00. The van der Waals surface area contributed by atoms with Crippen LogP contribution in [0.3, 0.4) is 0 Å². The molecule has 2 fully saturated rings. The molecule has 0 aromatic carbocycles. The van der Waals surface area contributed by atoms with Crippen molar-refractivity contribution in [2.45, 2.75) is 58.7 Å². The molecule has 1 amide bonds. The summed E-state index contributed by atoms with van der Waals surface area (Å²) in [5.74, 6) is 0.694. The summed E-state index contributed by atoms with van der Waals surface area (Å²) in [7, 11) is 0. The molecule has 2 atom stereocenters. The summed E-state index contributed by atoms with van der Waals surface area (Å²) in [5, 5.41) is 0. The number of nitrogens with zero attached hydrogens (tertiary/aromatic N) is 2. The van der Waals surface area contributed by atoms with Crippen molar-refractivity contribution in [2.75, 3.05) is 19.6 Å². The van der Waals surface area contributed by atoms with E-state index in [0.717, 1.165) is 26.1 Å². The van der Waals surface area contributed by atoms with Crippen molar-refractivity contribution in [3.8, 4) is 0 Å². The molecule has 2 heterocycles. The molecule has 0 aliphatic carbocycles. The predicted molar refractivity (Wildman–Crippen MR) is 71.5 cm³/mol. The van der Waals surface area contributed by atoms with E-state index in [9.17, 15) is 4.79 Å². The summed E-state index contributed by atoms with van der Waals surface area (Å²) >= 11 is 0. The third-order valence-electron chi connectivity index (χ3n) is 3.58. The van der Waals surface area contributed by atoms with Crippen LogP contribution in [0.5, 0.6) is 0 Å². The van der Waals surface area contributed by atoms with Gasteiger partial charge in [0.05, 0.1) is 0 Å². The van der Waals surface area contributed by atoms with Crippen molar-refractivity contribution in [3.63, 3.8) is 0 Å². The van der Waals surface area contributed by atoms with Gasteiger partial charge in [0, 0.05) is 31.7 Å². The van der Waals surface area contributed by atoms with Crippen LogP contribution >= 0.6 is 0 Å². The summed E-state index contributed by atoms with van der Waals surface area (Å²) in [6.45, 7) is 13.3. The molecule has 18 heavy (non-hydrogen) atoms. The van der Waals surface area contributed by atoms with Gasteiger partial charge in [-0.05, 0) is 33.1 Å². The molecule has 2 rings (SSSR count). The van der Waals surface area contributed by atoms with E-state index in [1.165, 1.54) is 0 Å². The number of piperazine rings is 1. The Bertz CT molecular complexity index is 322. The molecule has 2 aliphatic rings. The fourth-order valence-corrected chi connectivity index (χ4v) is 2.99. The van der Waals surface area contributed by atoms with Crippen LogP contribution in [0.4, 0.5) is 4.79 Å². The summed E-state index contributed by atoms with van der Waals surface area (Å²) in [5.41, 5.74) is -0.392. The Balaban J connectivity index is 1.89. The van der Waals surface area contributed by atoms with Crippen LogP contribution in [0, 0.1) is 5.92 Å². The van der Waals surface area contributed by atoms with E-state index in [2.05, 4.69) is 18.7 Å². The highest BCUT2D eigenvalue weighted by molar-refractivity contribution is 5.69. The Hall–Kier alpha value is -0.770. The number of hydrogen-bond acceptors (Lipinski definition) is 3. The van der Waals surface area contributed by atoms with Crippen LogP contribution in [0.1, 0.15) is 41.0 Å². The van der Waals surface area contributed by atoms with Crippen LogP contribution in [-0.2, 0) is 4.74 Å². The molecule has 4 nitrogen and oxygen atoms in total. The molecule has 2 saturated heterocycles. The molecule has 2 aliphatic heterocycles. The van der Waals surface area contributed by atoms with Crippen molar-refractivity contribution in [1.29, 1.82) is 0 Å². The first-order valence-electron chi connectivity index (χ1n) is 7.00. The average molecular weight is 254 g/mol. The summed E-state index contributed by atoms with van der Waals surface area (Å²) in [6.07, 6.45) is 0.977. The van der Waals surface area contributed by atoms with Crippen molar-refractivity contribution in [2.24, 2.45) is 5.92 Å². The third-order valence-corrected chi connectivity index (χ3v) is 3.58. The van der Waals surface area contributed by atoms with Gasteiger partial charge in [-0.3, -0.25) is 4.90 Å². The Labute approximate surface area is 110 Å². The third kappa shape index (κ3) is 2.97. The zero-order valence-electron chi connectivity index (χ0n) is 12.3. The number of carbonyl (C=O) groups is 1. The van der Waals surface area contributed by atoms with Gasteiger partial charge in [-0.15, -0.1) is 0 Å². The van der Waals surface area contributed by atoms with Gasteiger partial charge in [0.15, 0.2) is 0 Å². The van der Waals surface area contributed by atoms with Crippen LogP contribution in [0.15, 0.2) is 0 Å². The average Bonchev–Trinajstić information content (AvgIpc) is 2.72. The number of carbonyl (C=O) groups excluding carboxylic acids is 1. The van der Waals surface area contributed by atoms with Gasteiger partial charge in [-0.2, -0.15) is 0 Å². The van der Waals surface area contributed by atoms with E-state index in [0.29, 0.717) is 18.0 Å². The Morgan fingerprint density at radius 1 is 1.28 bits per heavy atom. The molecular weight excluding hydrogens is 228 g/mol. The van der Waals surface area contributed by atoms with E-state index in [1.54, 1.807) is 0 Å². The highest BCUT2D eigenvalue weighted by Gasteiger charge is 2.46. The topological polar surface area (TPSA) is 32.8 Å². The minimum Gasteiger partial charge on any atom is -0.444 e. The van der Waals surface area contributed by atoms with E-state index in [4.69, 9.17) is 4.74 Å².